The molecule has 0 aliphatic carbocycles. The Morgan fingerprint density at radius 1 is 1.04 bits per heavy atom. The standard InChI is InChI=1S/C20H25N5O2/c1-2-19-21-20(22-25(19)14-18(1)24-8-11-26-12-9-24)17-3-6-23(7-4-17)13-16-5-10-27-15-16/h1-2,5,10,14-15,17H,3-4,6-9,11-13H2. The molecule has 5 rings (SSSR count). The molecule has 0 bridgehead atoms. The lowest BCUT2D eigenvalue weighted by Gasteiger charge is -2.30. The monoisotopic (exact) mass is 367 g/mol. The molecule has 7 heteroatoms. The summed E-state index contributed by atoms with van der Waals surface area (Å²) in [6.45, 7) is 6.56. The van der Waals surface area contributed by atoms with Crippen LogP contribution in [0.1, 0.15) is 30.1 Å². The van der Waals surface area contributed by atoms with E-state index in [1.54, 1.807) is 6.26 Å². The maximum Gasteiger partial charge on any atom is 0.155 e. The zero-order valence-corrected chi connectivity index (χ0v) is 15.5. The number of ether oxygens (including phenoxy) is 1. The van der Waals surface area contributed by atoms with E-state index in [1.165, 1.54) is 11.3 Å². The number of fused-ring (bicyclic) bond motifs is 1. The predicted octanol–water partition coefficient (Wildman–Crippen LogP) is 2.54. The zero-order valence-electron chi connectivity index (χ0n) is 15.5. The number of rotatable bonds is 4. The molecule has 0 atom stereocenters. The van der Waals surface area contributed by atoms with Crippen molar-refractivity contribution in [1.29, 1.82) is 0 Å². The summed E-state index contributed by atoms with van der Waals surface area (Å²) < 4.78 is 12.6. The number of likely N-dealkylation sites (tertiary alicyclic amines) is 1. The first-order chi connectivity index (χ1) is 13.3. The number of furan rings is 1. The molecule has 0 unspecified atom stereocenters. The van der Waals surface area contributed by atoms with Gasteiger partial charge < -0.3 is 14.1 Å². The van der Waals surface area contributed by atoms with Gasteiger partial charge in [0.05, 0.1) is 37.6 Å². The molecule has 3 aromatic rings. The Morgan fingerprint density at radius 3 is 2.67 bits per heavy atom. The molecule has 2 saturated heterocycles. The maximum atomic E-state index is 5.45. The molecule has 27 heavy (non-hydrogen) atoms. The minimum Gasteiger partial charge on any atom is -0.472 e. The summed E-state index contributed by atoms with van der Waals surface area (Å²) >= 11 is 0. The van der Waals surface area contributed by atoms with Crippen LogP contribution in [0.25, 0.3) is 5.65 Å². The van der Waals surface area contributed by atoms with Crippen LogP contribution in [-0.2, 0) is 11.3 Å². The van der Waals surface area contributed by atoms with Crippen molar-refractivity contribution in [3.8, 4) is 0 Å². The van der Waals surface area contributed by atoms with E-state index in [0.717, 1.165) is 70.3 Å². The van der Waals surface area contributed by atoms with Gasteiger partial charge in [-0.2, -0.15) is 5.10 Å². The smallest absolute Gasteiger partial charge is 0.155 e. The molecule has 2 fully saturated rings. The summed E-state index contributed by atoms with van der Waals surface area (Å²) in [6.07, 6.45) is 7.89. The highest BCUT2D eigenvalue weighted by molar-refractivity contribution is 5.51. The summed E-state index contributed by atoms with van der Waals surface area (Å²) in [5.74, 6) is 1.43. The number of anilines is 1. The summed E-state index contributed by atoms with van der Waals surface area (Å²) in [6, 6.07) is 6.27. The van der Waals surface area contributed by atoms with Crippen molar-refractivity contribution in [3.05, 3.63) is 48.3 Å². The molecule has 2 aliphatic heterocycles. The molecule has 3 aromatic heterocycles. The Morgan fingerprint density at radius 2 is 1.89 bits per heavy atom. The number of hydrogen-bond acceptors (Lipinski definition) is 6. The van der Waals surface area contributed by atoms with Gasteiger partial charge in [-0.25, -0.2) is 9.50 Å². The third kappa shape index (κ3) is 3.57. The molecular formula is C20H25N5O2. The van der Waals surface area contributed by atoms with Crippen LogP contribution < -0.4 is 4.90 Å². The number of aromatic nitrogens is 3. The molecule has 0 N–H and O–H groups in total. The topological polar surface area (TPSA) is 59.0 Å². The number of nitrogens with zero attached hydrogens (tertiary/aromatic N) is 5. The van der Waals surface area contributed by atoms with Crippen LogP contribution >= 0.6 is 0 Å². The Hall–Kier alpha value is -2.38. The van der Waals surface area contributed by atoms with E-state index in [1.807, 2.05) is 16.8 Å². The molecule has 0 saturated carbocycles. The minimum atomic E-state index is 0.442. The van der Waals surface area contributed by atoms with Crippen LogP contribution in [0.2, 0.25) is 0 Å². The summed E-state index contributed by atoms with van der Waals surface area (Å²) in [4.78, 5) is 9.62. The third-order valence-electron chi connectivity index (χ3n) is 5.65. The largest absolute Gasteiger partial charge is 0.472 e. The maximum absolute atomic E-state index is 5.45. The highest BCUT2D eigenvalue weighted by atomic mass is 16.5. The lowest BCUT2D eigenvalue weighted by atomic mass is 9.96. The number of piperidine rings is 1. The quantitative estimate of drug-likeness (QED) is 0.706. The van der Waals surface area contributed by atoms with Gasteiger partial charge in [0.25, 0.3) is 0 Å². The first-order valence-corrected chi connectivity index (χ1v) is 9.77. The van der Waals surface area contributed by atoms with Crippen molar-refractivity contribution in [2.24, 2.45) is 0 Å². The van der Waals surface area contributed by atoms with Crippen molar-refractivity contribution < 1.29 is 9.15 Å². The van der Waals surface area contributed by atoms with Gasteiger partial charge in [-0.15, -0.1) is 0 Å². The SMILES string of the molecule is c1cc(CN2CCC(c3nc4ccc(N5CCOCC5)cn4n3)CC2)co1. The molecular weight excluding hydrogens is 342 g/mol. The lowest BCUT2D eigenvalue weighted by Crippen LogP contribution is -2.36. The van der Waals surface area contributed by atoms with Gasteiger partial charge in [0.2, 0.25) is 0 Å². The molecule has 0 aromatic carbocycles. The second-order valence-corrected chi connectivity index (χ2v) is 7.44. The molecule has 2 aliphatic rings. The first-order valence-electron chi connectivity index (χ1n) is 9.77. The van der Waals surface area contributed by atoms with Crippen LogP contribution in [0.4, 0.5) is 5.69 Å². The fourth-order valence-electron chi connectivity index (χ4n) is 4.06. The second-order valence-electron chi connectivity index (χ2n) is 7.44. The Kier molecular flexibility index (Phi) is 4.55. The lowest BCUT2D eigenvalue weighted by molar-refractivity contribution is 0.122. The van der Waals surface area contributed by atoms with Crippen LogP contribution in [0.15, 0.2) is 41.3 Å². The van der Waals surface area contributed by atoms with Gasteiger partial charge in [-0.05, 0) is 44.1 Å². The summed E-state index contributed by atoms with van der Waals surface area (Å²) in [7, 11) is 0. The fraction of sp³-hybridized carbons (Fsp3) is 0.500. The van der Waals surface area contributed by atoms with E-state index < -0.39 is 0 Å². The van der Waals surface area contributed by atoms with Crippen LogP contribution in [-0.4, -0.2) is 58.9 Å². The second kappa shape index (κ2) is 7.32. The van der Waals surface area contributed by atoms with E-state index in [0.29, 0.717) is 5.92 Å². The molecule has 0 radical (unpaired) electrons. The zero-order chi connectivity index (χ0) is 18.1. The van der Waals surface area contributed by atoms with E-state index in [4.69, 9.17) is 19.2 Å². The van der Waals surface area contributed by atoms with Crippen molar-refractivity contribution in [2.75, 3.05) is 44.3 Å². The average molecular weight is 367 g/mol. The Balaban J connectivity index is 1.26. The number of hydrogen-bond donors (Lipinski definition) is 0. The molecule has 0 spiro atoms. The van der Waals surface area contributed by atoms with Crippen molar-refractivity contribution >= 4 is 11.3 Å². The van der Waals surface area contributed by atoms with Gasteiger partial charge in [0, 0.05) is 31.1 Å². The highest BCUT2D eigenvalue weighted by Gasteiger charge is 2.24. The Labute approximate surface area is 158 Å². The van der Waals surface area contributed by atoms with Crippen LogP contribution in [0.3, 0.4) is 0 Å². The van der Waals surface area contributed by atoms with E-state index in [-0.39, 0.29) is 0 Å². The average Bonchev–Trinajstić information content (AvgIpc) is 3.38. The van der Waals surface area contributed by atoms with Crippen LogP contribution in [0, 0.1) is 0 Å². The van der Waals surface area contributed by atoms with Crippen molar-refractivity contribution in [3.63, 3.8) is 0 Å². The number of morpholine rings is 1. The van der Waals surface area contributed by atoms with E-state index in [9.17, 15) is 0 Å². The van der Waals surface area contributed by atoms with Gasteiger partial charge in [0.1, 0.15) is 0 Å². The molecule has 0 amide bonds. The van der Waals surface area contributed by atoms with Crippen molar-refractivity contribution in [2.45, 2.75) is 25.3 Å². The summed E-state index contributed by atoms with van der Waals surface area (Å²) in [5, 5.41) is 4.81. The van der Waals surface area contributed by atoms with E-state index in [2.05, 4.69) is 28.1 Å². The van der Waals surface area contributed by atoms with Gasteiger partial charge in [-0.1, -0.05) is 0 Å². The predicted molar refractivity (Wildman–Crippen MR) is 102 cm³/mol. The molecule has 142 valence electrons. The van der Waals surface area contributed by atoms with Gasteiger partial charge >= 0.3 is 0 Å². The molecule has 7 nitrogen and oxygen atoms in total. The number of pyridine rings is 1. The highest BCUT2D eigenvalue weighted by Crippen LogP contribution is 2.27. The normalized spacial score (nSPS) is 19.8. The Bertz CT molecular complexity index is 877. The first kappa shape index (κ1) is 16.8. The van der Waals surface area contributed by atoms with Gasteiger partial charge in [0.15, 0.2) is 11.5 Å². The summed E-state index contributed by atoms with van der Waals surface area (Å²) in [5.41, 5.74) is 3.37. The molecule has 5 heterocycles. The third-order valence-corrected chi connectivity index (χ3v) is 5.65. The van der Waals surface area contributed by atoms with E-state index >= 15 is 0 Å². The van der Waals surface area contributed by atoms with Crippen molar-refractivity contribution in [1.82, 2.24) is 19.5 Å². The van der Waals surface area contributed by atoms with Crippen LogP contribution in [0.5, 0.6) is 0 Å². The van der Waals surface area contributed by atoms with Gasteiger partial charge in [-0.3, -0.25) is 4.90 Å². The fourth-order valence-corrected chi connectivity index (χ4v) is 4.06. The minimum absolute atomic E-state index is 0.442.